The van der Waals surface area contributed by atoms with E-state index in [1.54, 1.807) is 18.2 Å². The van der Waals surface area contributed by atoms with Gasteiger partial charge in [0.05, 0.1) is 1.37 Å². The van der Waals surface area contributed by atoms with Crippen LogP contribution in [0.15, 0.2) is 42.4 Å². The lowest BCUT2D eigenvalue weighted by Gasteiger charge is -2.03. The van der Waals surface area contributed by atoms with E-state index in [2.05, 4.69) is 0 Å². The normalized spacial score (nSPS) is 11.4. The molecule has 2 rings (SSSR count). The second-order valence-electron chi connectivity index (χ2n) is 2.85. The first kappa shape index (κ1) is 7.12. The molecule has 0 aliphatic carbocycles. The summed E-state index contributed by atoms with van der Waals surface area (Å²) in [5, 5.41) is 19.9. The van der Waals surface area contributed by atoms with E-state index in [1.165, 1.54) is 0 Å². The summed E-state index contributed by atoms with van der Waals surface area (Å²) < 4.78 is 7.56. The first-order valence-corrected chi connectivity index (χ1v) is 4.04. The van der Waals surface area contributed by atoms with E-state index < -0.39 is 7.12 Å². The van der Waals surface area contributed by atoms with Gasteiger partial charge < -0.3 is 10.0 Å². The van der Waals surface area contributed by atoms with Gasteiger partial charge in [-0.15, -0.1) is 0 Å². The van der Waals surface area contributed by atoms with Gasteiger partial charge in [-0.05, 0) is 16.2 Å². The van der Waals surface area contributed by atoms with Crippen molar-refractivity contribution in [1.82, 2.24) is 0 Å². The van der Waals surface area contributed by atoms with Crippen molar-refractivity contribution >= 4 is 23.4 Å². The molecule has 0 saturated carbocycles. The molecule has 0 bridgehead atoms. The fraction of sp³-hybridized carbons (Fsp3) is 0. The summed E-state index contributed by atoms with van der Waals surface area (Å²) in [6.45, 7) is 0. The van der Waals surface area contributed by atoms with Crippen LogP contribution in [0.3, 0.4) is 0 Å². The SMILES string of the molecule is [2H]c1ccc2ccccc2c1B(O)O. The Morgan fingerprint density at radius 3 is 2.54 bits per heavy atom. The molecule has 13 heavy (non-hydrogen) atoms. The van der Waals surface area contributed by atoms with Gasteiger partial charge >= 0.3 is 7.12 Å². The molecule has 0 radical (unpaired) electrons. The minimum atomic E-state index is -1.59. The highest BCUT2D eigenvalue weighted by Gasteiger charge is 2.13. The van der Waals surface area contributed by atoms with Crippen LogP contribution >= 0.6 is 0 Å². The maximum atomic E-state index is 9.14. The molecule has 2 aromatic rings. The fourth-order valence-electron chi connectivity index (χ4n) is 1.40. The van der Waals surface area contributed by atoms with Crippen LogP contribution in [-0.4, -0.2) is 17.2 Å². The van der Waals surface area contributed by atoms with Crippen LogP contribution in [0.2, 0.25) is 0 Å². The maximum absolute atomic E-state index is 9.14. The van der Waals surface area contributed by atoms with Crippen molar-refractivity contribution < 1.29 is 11.4 Å². The summed E-state index contributed by atoms with van der Waals surface area (Å²) >= 11 is 0. The third-order valence-electron chi connectivity index (χ3n) is 2.01. The van der Waals surface area contributed by atoms with Crippen LogP contribution in [0.1, 0.15) is 1.37 Å². The fourth-order valence-corrected chi connectivity index (χ4v) is 1.40. The van der Waals surface area contributed by atoms with Gasteiger partial charge in [-0.1, -0.05) is 42.4 Å². The third kappa shape index (κ3) is 1.44. The molecule has 0 unspecified atom stereocenters. The Kier molecular flexibility index (Phi) is 1.76. The summed E-state index contributed by atoms with van der Waals surface area (Å²) in [6.07, 6.45) is 0. The van der Waals surface area contributed by atoms with Gasteiger partial charge in [0.2, 0.25) is 0 Å². The van der Waals surface area contributed by atoms with Gasteiger partial charge in [-0.25, -0.2) is 0 Å². The standard InChI is InChI=1S/C10H9BO2/c12-11(13)10-7-3-5-8-4-1-2-6-9(8)10/h1-7,12-13H/i7D. The van der Waals surface area contributed by atoms with E-state index in [4.69, 9.17) is 11.4 Å². The van der Waals surface area contributed by atoms with Crippen LogP contribution in [0.25, 0.3) is 10.8 Å². The molecular weight excluding hydrogens is 163 g/mol. The van der Waals surface area contributed by atoms with Crippen molar-refractivity contribution in [3.63, 3.8) is 0 Å². The summed E-state index contributed by atoms with van der Waals surface area (Å²) in [4.78, 5) is 0. The van der Waals surface area contributed by atoms with Gasteiger partial charge in [-0.2, -0.15) is 0 Å². The van der Waals surface area contributed by atoms with Crippen LogP contribution < -0.4 is 5.46 Å². The lowest BCUT2D eigenvalue weighted by Crippen LogP contribution is -2.30. The van der Waals surface area contributed by atoms with Crippen molar-refractivity contribution in [3.8, 4) is 0 Å². The molecule has 3 heteroatoms. The summed E-state index contributed by atoms with van der Waals surface area (Å²) in [5.41, 5.74) is 0.267. The molecule has 0 aromatic heterocycles. The van der Waals surface area contributed by atoms with Gasteiger partial charge in [0.1, 0.15) is 0 Å². The number of fused-ring (bicyclic) bond motifs is 1. The maximum Gasteiger partial charge on any atom is 0.489 e. The Labute approximate surface area is 78.0 Å². The Hall–Kier alpha value is -1.32. The highest BCUT2D eigenvalue weighted by molar-refractivity contribution is 6.61. The minimum Gasteiger partial charge on any atom is -0.423 e. The monoisotopic (exact) mass is 173 g/mol. The molecule has 0 aliphatic rings. The third-order valence-corrected chi connectivity index (χ3v) is 2.01. The molecule has 0 spiro atoms. The second-order valence-corrected chi connectivity index (χ2v) is 2.85. The van der Waals surface area contributed by atoms with E-state index >= 15 is 0 Å². The molecule has 0 saturated heterocycles. The molecule has 0 amide bonds. The van der Waals surface area contributed by atoms with E-state index in [0.717, 1.165) is 10.8 Å². The predicted molar refractivity (Wildman–Crippen MR) is 53.8 cm³/mol. The zero-order valence-electron chi connectivity index (χ0n) is 7.94. The molecule has 0 heterocycles. The zero-order chi connectivity index (χ0) is 10.1. The second kappa shape index (κ2) is 3.20. The topological polar surface area (TPSA) is 40.5 Å². The van der Waals surface area contributed by atoms with Crippen LogP contribution in [-0.2, 0) is 0 Å². The Balaban J connectivity index is 2.83. The average molecular weight is 173 g/mol. The van der Waals surface area contributed by atoms with Crippen LogP contribution in [0.5, 0.6) is 0 Å². The van der Waals surface area contributed by atoms with E-state index in [9.17, 15) is 0 Å². The first-order valence-electron chi connectivity index (χ1n) is 4.54. The number of hydrogen-bond donors (Lipinski definition) is 2. The van der Waals surface area contributed by atoms with Gasteiger partial charge in [-0.3, -0.25) is 0 Å². The van der Waals surface area contributed by atoms with Crippen molar-refractivity contribution in [2.24, 2.45) is 0 Å². The molecule has 64 valence electrons. The van der Waals surface area contributed by atoms with Gasteiger partial charge in [0, 0.05) is 0 Å². The predicted octanol–water partition coefficient (Wildman–Crippen LogP) is 0.520. The molecule has 0 aliphatic heterocycles. The van der Waals surface area contributed by atoms with E-state index in [-0.39, 0.29) is 11.5 Å². The van der Waals surface area contributed by atoms with E-state index in [0.29, 0.717) is 0 Å². The van der Waals surface area contributed by atoms with Gasteiger partial charge in [0.25, 0.3) is 0 Å². The highest BCUT2D eigenvalue weighted by atomic mass is 16.4. The quantitative estimate of drug-likeness (QED) is 0.617. The molecule has 0 fully saturated rings. The Bertz CT molecular complexity index is 471. The molecule has 2 N–H and O–H groups in total. The largest absolute Gasteiger partial charge is 0.489 e. The summed E-state index contributed by atoms with van der Waals surface area (Å²) in [6, 6.07) is 10.9. The van der Waals surface area contributed by atoms with Crippen molar-refractivity contribution in [3.05, 3.63) is 42.4 Å². The molecule has 0 atom stereocenters. The van der Waals surface area contributed by atoms with Crippen molar-refractivity contribution in [1.29, 1.82) is 0 Å². The van der Waals surface area contributed by atoms with Crippen molar-refractivity contribution in [2.45, 2.75) is 0 Å². The number of hydrogen-bond acceptors (Lipinski definition) is 2. The molecular formula is C10H9BO2. The average Bonchev–Trinajstić information content (AvgIpc) is 2.17. The smallest absolute Gasteiger partial charge is 0.423 e. The number of rotatable bonds is 1. The van der Waals surface area contributed by atoms with Crippen LogP contribution in [0, 0.1) is 0 Å². The zero-order valence-corrected chi connectivity index (χ0v) is 6.94. The minimum absolute atomic E-state index is 0.152. The highest BCUT2D eigenvalue weighted by Crippen LogP contribution is 2.10. The Morgan fingerprint density at radius 1 is 1.08 bits per heavy atom. The Morgan fingerprint density at radius 2 is 1.77 bits per heavy atom. The lowest BCUT2D eigenvalue weighted by molar-refractivity contribution is 0.426. The molecule has 2 nitrogen and oxygen atoms in total. The van der Waals surface area contributed by atoms with Crippen molar-refractivity contribution in [2.75, 3.05) is 0 Å². The van der Waals surface area contributed by atoms with Crippen LogP contribution in [0.4, 0.5) is 0 Å². The summed E-state index contributed by atoms with van der Waals surface area (Å²) in [5.74, 6) is 0. The lowest BCUT2D eigenvalue weighted by atomic mass is 9.77. The molecule has 2 aromatic carbocycles. The number of benzene rings is 2. The van der Waals surface area contributed by atoms with E-state index in [1.807, 2.05) is 18.2 Å². The first-order chi connectivity index (χ1) is 6.70. The summed E-state index contributed by atoms with van der Waals surface area (Å²) in [7, 11) is -1.59. The van der Waals surface area contributed by atoms with Gasteiger partial charge in [0.15, 0.2) is 0 Å².